The molecule has 2 saturated heterocycles. The Morgan fingerprint density at radius 1 is 1.14 bits per heavy atom. The van der Waals surface area contributed by atoms with Gasteiger partial charge in [0.05, 0.1) is 0 Å². The van der Waals surface area contributed by atoms with Gasteiger partial charge in [0, 0.05) is 32.1 Å². The average Bonchev–Trinajstić information content (AvgIpc) is 3.46. The number of piperidine rings is 1. The monoisotopic (exact) mass is 399 g/mol. The van der Waals surface area contributed by atoms with E-state index in [-0.39, 0.29) is 17.2 Å². The summed E-state index contributed by atoms with van der Waals surface area (Å²) in [6.07, 6.45) is 3.64. The van der Waals surface area contributed by atoms with Crippen molar-refractivity contribution in [3.63, 3.8) is 0 Å². The number of amides is 2. The van der Waals surface area contributed by atoms with Crippen LogP contribution >= 0.6 is 0 Å². The van der Waals surface area contributed by atoms with E-state index >= 15 is 0 Å². The van der Waals surface area contributed by atoms with Crippen LogP contribution in [0.4, 0.5) is 0 Å². The Hall–Kier alpha value is -2.08. The predicted molar refractivity (Wildman–Crippen MR) is 112 cm³/mol. The molecule has 6 nitrogen and oxygen atoms in total. The Labute approximate surface area is 173 Å². The Bertz CT molecular complexity index is 751. The quantitative estimate of drug-likeness (QED) is 0.824. The fraction of sp³-hybridized carbons (Fsp3) is 0.652. The molecule has 2 unspecified atom stereocenters. The summed E-state index contributed by atoms with van der Waals surface area (Å²) in [5.74, 6) is 1.30. The minimum Gasteiger partial charge on any atom is -0.481 e. The molecule has 0 bridgehead atoms. The third kappa shape index (κ3) is 4.13. The van der Waals surface area contributed by atoms with Gasteiger partial charge in [0.1, 0.15) is 5.75 Å². The zero-order valence-corrected chi connectivity index (χ0v) is 17.7. The van der Waals surface area contributed by atoms with Crippen LogP contribution in [0, 0.1) is 11.3 Å². The normalized spacial score (nSPS) is 24.3. The van der Waals surface area contributed by atoms with Crippen LogP contribution in [0.15, 0.2) is 24.3 Å². The van der Waals surface area contributed by atoms with Crippen molar-refractivity contribution in [1.29, 1.82) is 0 Å². The van der Waals surface area contributed by atoms with Crippen LogP contribution < -0.4 is 10.1 Å². The van der Waals surface area contributed by atoms with Crippen molar-refractivity contribution in [2.45, 2.75) is 45.6 Å². The van der Waals surface area contributed by atoms with E-state index in [0.717, 1.165) is 50.1 Å². The minimum absolute atomic E-state index is 0.00394. The number of piperazine rings is 1. The van der Waals surface area contributed by atoms with Crippen molar-refractivity contribution in [2.75, 3.05) is 39.3 Å². The Morgan fingerprint density at radius 2 is 1.79 bits per heavy atom. The van der Waals surface area contributed by atoms with Crippen LogP contribution in [0.1, 0.15) is 38.7 Å². The van der Waals surface area contributed by atoms with E-state index in [1.54, 1.807) is 0 Å². The smallest absolute Gasteiger partial charge is 0.263 e. The molecular formula is C23H33N3O3. The van der Waals surface area contributed by atoms with E-state index < -0.39 is 6.10 Å². The Morgan fingerprint density at radius 3 is 2.48 bits per heavy atom. The number of para-hydroxylation sites is 1. The molecule has 2 heterocycles. The maximum Gasteiger partial charge on any atom is 0.263 e. The summed E-state index contributed by atoms with van der Waals surface area (Å²) < 4.78 is 5.97. The van der Waals surface area contributed by atoms with Gasteiger partial charge in [0.15, 0.2) is 6.10 Å². The van der Waals surface area contributed by atoms with Crippen LogP contribution in [0.5, 0.6) is 5.75 Å². The molecule has 2 amide bonds. The van der Waals surface area contributed by atoms with E-state index in [1.807, 2.05) is 41.0 Å². The highest BCUT2D eigenvalue weighted by Gasteiger charge is 2.58. The van der Waals surface area contributed by atoms with E-state index in [1.165, 1.54) is 0 Å². The Kier molecular flexibility index (Phi) is 5.81. The van der Waals surface area contributed by atoms with Crippen LogP contribution in [0.3, 0.4) is 0 Å². The Balaban J connectivity index is 1.28. The maximum absolute atomic E-state index is 12.9. The van der Waals surface area contributed by atoms with Crippen molar-refractivity contribution in [3.05, 3.63) is 29.8 Å². The number of ether oxygens (including phenoxy) is 1. The summed E-state index contributed by atoms with van der Waals surface area (Å²) in [7, 11) is 0. The van der Waals surface area contributed by atoms with E-state index in [0.29, 0.717) is 32.1 Å². The highest BCUT2D eigenvalue weighted by atomic mass is 16.5. The first kappa shape index (κ1) is 20.2. The molecule has 1 saturated carbocycles. The van der Waals surface area contributed by atoms with Gasteiger partial charge in [-0.1, -0.05) is 25.1 Å². The lowest BCUT2D eigenvalue weighted by atomic mass is 9.91. The highest BCUT2D eigenvalue weighted by molar-refractivity contribution is 5.84. The topological polar surface area (TPSA) is 61.9 Å². The molecule has 158 valence electrons. The number of benzene rings is 1. The molecule has 1 N–H and O–H groups in total. The first-order valence-corrected chi connectivity index (χ1v) is 11.1. The molecule has 29 heavy (non-hydrogen) atoms. The molecule has 0 radical (unpaired) electrons. The second-order valence-corrected chi connectivity index (χ2v) is 8.74. The van der Waals surface area contributed by atoms with E-state index in [9.17, 15) is 9.59 Å². The zero-order chi connectivity index (χ0) is 20.4. The summed E-state index contributed by atoms with van der Waals surface area (Å²) in [5, 5.41) is 3.39. The van der Waals surface area contributed by atoms with Crippen LogP contribution in [0.2, 0.25) is 0 Å². The van der Waals surface area contributed by atoms with Crippen LogP contribution in [-0.2, 0) is 16.0 Å². The van der Waals surface area contributed by atoms with Gasteiger partial charge in [-0.15, -0.1) is 0 Å². The van der Waals surface area contributed by atoms with Gasteiger partial charge >= 0.3 is 0 Å². The maximum atomic E-state index is 12.9. The van der Waals surface area contributed by atoms with Crippen molar-refractivity contribution in [1.82, 2.24) is 15.1 Å². The number of hydrogen-bond donors (Lipinski definition) is 1. The second-order valence-electron chi connectivity index (χ2n) is 8.74. The molecule has 1 spiro atoms. The van der Waals surface area contributed by atoms with Crippen molar-refractivity contribution >= 4 is 11.8 Å². The third-order valence-electron chi connectivity index (χ3n) is 7.00. The van der Waals surface area contributed by atoms with Gasteiger partial charge in [-0.25, -0.2) is 0 Å². The predicted octanol–water partition coefficient (Wildman–Crippen LogP) is 2.08. The summed E-state index contributed by atoms with van der Waals surface area (Å²) in [6, 6.07) is 7.88. The molecule has 2 aliphatic heterocycles. The number of carbonyl (C=O) groups excluding carboxylic acids is 2. The number of rotatable bonds is 5. The van der Waals surface area contributed by atoms with Crippen LogP contribution in [-0.4, -0.2) is 67.0 Å². The van der Waals surface area contributed by atoms with Crippen molar-refractivity contribution in [2.24, 2.45) is 11.3 Å². The molecule has 0 aromatic heterocycles. The molecule has 1 aromatic rings. The molecule has 4 rings (SSSR count). The molecule has 1 aliphatic carbocycles. The summed E-state index contributed by atoms with van der Waals surface area (Å²) >= 11 is 0. The molecule has 1 aromatic carbocycles. The average molecular weight is 400 g/mol. The molecule has 2 atom stereocenters. The van der Waals surface area contributed by atoms with Crippen molar-refractivity contribution < 1.29 is 14.3 Å². The first-order chi connectivity index (χ1) is 14.0. The van der Waals surface area contributed by atoms with Gasteiger partial charge in [-0.3, -0.25) is 9.59 Å². The van der Waals surface area contributed by atoms with Gasteiger partial charge in [0.25, 0.3) is 5.91 Å². The lowest BCUT2D eigenvalue weighted by Gasteiger charge is -2.36. The summed E-state index contributed by atoms with van der Waals surface area (Å²) in [5.41, 5.74) is 1.38. The van der Waals surface area contributed by atoms with E-state index in [2.05, 4.69) is 12.2 Å². The van der Waals surface area contributed by atoms with Gasteiger partial charge in [0.2, 0.25) is 5.91 Å². The SMILES string of the molecule is CCc1ccccc1OC(C)C(=O)N1CCN(C(=O)C2CC23CCNCC3)CC1. The fourth-order valence-electron chi connectivity index (χ4n) is 4.95. The standard InChI is InChI=1S/C23H33N3O3/c1-3-18-6-4-5-7-20(18)29-17(2)21(27)25-12-14-26(15-13-25)22(28)19-16-23(19)8-10-24-11-9-23/h4-7,17,19,24H,3,8-16H2,1-2H3. The van der Waals surface area contributed by atoms with Gasteiger partial charge in [-0.05, 0) is 62.7 Å². The van der Waals surface area contributed by atoms with Gasteiger partial charge in [-0.2, -0.15) is 0 Å². The molecular weight excluding hydrogens is 366 g/mol. The second kappa shape index (κ2) is 8.34. The number of nitrogens with zero attached hydrogens (tertiary/aromatic N) is 2. The lowest BCUT2D eigenvalue weighted by Crippen LogP contribution is -2.53. The van der Waals surface area contributed by atoms with Crippen LogP contribution in [0.25, 0.3) is 0 Å². The number of nitrogens with one attached hydrogen (secondary N) is 1. The summed E-state index contributed by atoms with van der Waals surface area (Å²) in [4.78, 5) is 29.6. The largest absolute Gasteiger partial charge is 0.481 e. The highest BCUT2D eigenvalue weighted by Crippen LogP contribution is 2.59. The molecule has 6 heteroatoms. The third-order valence-corrected chi connectivity index (χ3v) is 7.00. The molecule has 3 aliphatic rings. The van der Waals surface area contributed by atoms with Gasteiger partial charge < -0.3 is 19.9 Å². The minimum atomic E-state index is -0.522. The van der Waals surface area contributed by atoms with E-state index in [4.69, 9.17) is 4.74 Å². The van der Waals surface area contributed by atoms with Crippen molar-refractivity contribution in [3.8, 4) is 5.75 Å². The number of carbonyl (C=O) groups is 2. The summed E-state index contributed by atoms with van der Waals surface area (Å²) in [6.45, 7) is 8.41. The molecule has 3 fully saturated rings. The zero-order valence-electron chi connectivity index (χ0n) is 17.7. The fourth-order valence-corrected chi connectivity index (χ4v) is 4.95. The lowest BCUT2D eigenvalue weighted by molar-refractivity contribution is -0.144. The number of hydrogen-bond acceptors (Lipinski definition) is 4. The number of aryl methyl sites for hydroxylation is 1. The first-order valence-electron chi connectivity index (χ1n) is 11.1.